The molecule has 3 nitrogen and oxygen atoms in total. The second-order valence-electron chi connectivity index (χ2n) is 3.27. The number of hydrogen-bond acceptors (Lipinski definition) is 2. The van der Waals surface area contributed by atoms with Crippen molar-refractivity contribution < 1.29 is 22.7 Å². The molecular weight excluding hydrogens is 187 g/mol. The van der Waals surface area contributed by atoms with Crippen LogP contribution in [0.1, 0.15) is 13.8 Å². The third-order valence-electron chi connectivity index (χ3n) is 1.39. The summed E-state index contributed by atoms with van der Waals surface area (Å²) in [4.78, 5) is 11.7. The average Bonchev–Trinajstić information content (AvgIpc) is 1.83. The highest BCUT2D eigenvalue weighted by atomic mass is 19.4. The highest BCUT2D eigenvalue weighted by Gasteiger charge is 2.51. The minimum absolute atomic E-state index is 0.800. The number of amides is 1. The fraction of sp³-hybridized carbons (Fsp3) is 0.857. The van der Waals surface area contributed by atoms with Crippen molar-refractivity contribution >= 4 is 6.09 Å². The van der Waals surface area contributed by atoms with E-state index < -0.39 is 17.9 Å². The Kier molecular flexibility index (Phi) is 3.18. The van der Waals surface area contributed by atoms with Gasteiger partial charge in [-0.25, -0.2) is 4.79 Å². The van der Waals surface area contributed by atoms with Gasteiger partial charge in [0.05, 0.1) is 0 Å². The summed E-state index contributed by atoms with van der Waals surface area (Å²) in [5.74, 6) is 0. The van der Waals surface area contributed by atoms with Crippen molar-refractivity contribution in [1.29, 1.82) is 0 Å². The molecule has 0 aliphatic carbocycles. The third kappa shape index (κ3) is 3.12. The predicted molar refractivity (Wildman–Crippen MR) is 40.3 cm³/mol. The van der Waals surface area contributed by atoms with Gasteiger partial charge < -0.3 is 9.64 Å². The van der Waals surface area contributed by atoms with E-state index in [0.29, 0.717) is 0 Å². The minimum Gasteiger partial charge on any atom is -0.434 e. The number of hydrogen-bond donors (Lipinski definition) is 0. The van der Waals surface area contributed by atoms with Gasteiger partial charge in [-0.05, 0) is 13.8 Å². The minimum atomic E-state index is -4.56. The molecule has 0 spiro atoms. The lowest BCUT2D eigenvalue weighted by atomic mass is 10.1. The number of carbonyl (C=O) groups is 1. The van der Waals surface area contributed by atoms with E-state index >= 15 is 0 Å². The molecule has 0 rings (SSSR count). The topological polar surface area (TPSA) is 29.5 Å². The fourth-order valence-corrected chi connectivity index (χ4v) is 0.367. The fourth-order valence-electron chi connectivity index (χ4n) is 0.367. The summed E-state index contributed by atoms with van der Waals surface area (Å²) in [5.41, 5.74) is -2.45. The van der Waals surface area contributed by atoms with Crippen LogP contribution in [-0.4, -0.2) is 36.9 Å². The summed E-state index contributed by atoms with van der Waals surface area (Å²) in [6.07, 6.45) is -5.57. The zero-order chi connectivity index (χ0) is 10.9. The first-order chi connectivity index (χ1) is 5.58. The number of ether oxygens (including phenoxy) is 1. The number of carbonyl (C=O) groups excluding carboxylic acids is 1. The van der Waals surface area contributed by atoms with Gasteiger partial charge in [0.15, 0.2) is 0 Å². The smallest absolute Gasteiger partial charge is 0.427 e. The highest BCUT2D eigenvalue weighted by molar-refractivity contribution is 5.67. The van der Waals surface area contributed by atoms with Crippen LogP contribution in [-0.2, 0) is 4.74 Å². The Morgan fingerprint density at radius 2 is 1.62 bits per heavy atom. The molecule has 13 heavy (non-hydrogen) atoms. The zero-order valence-electron chi connectivity index (χ0n) is 7.90. The van der Waals surface area contributed by atoms with Gasteiger partial charge in [0.1, 0.15) is 0 Å². The molecule has 0 N–H and O–H groups in total. The molecule has 1 amide bonds. The maximum atomic E-state index is 12.2. The Morgan fingerprint density at radius 3 is 1.85 bits per heavy atom. The van der Waals surface area contributed by atoms with Crippen molar-refractivity contribution in [3.05, 3.63) is 0 Å². The average molecular weight is 199 g/mol. The molecular formula is C7H12F3NO2. The molecule has 0 aromatic carbocycles. The third-order valence-corrected chi connectivity index (χ3v) is 1.39. The number of nitrogens with zero attached hydrogens (tertiary/aromatic N) is 1. The van der Waals surface area contributed by atoms with Crippen LogP contribution in [0, 0.1) is 0 Å². The molecule has 0 heterocycles. The van der Waals surface area contributed by atoms with Crippen molar-refractivity contribution in [2.75, 3.05) is 14.1 Å². The van der Waals surface area contributed by atoms with Crippen LogP contribution < -0.4 is 0 Å². The van der Waals surface area contributed by atoms with Crippen LogP contribution >= 0.6 is 0 Å². The first-order valence-electron chi connectivity index (χ1n) is 3.55. The second kappa shape index (κ2) is 3.43. The quantitative estimate of drug-likeness (QED) is 0.646. The highest BCUT2D eigenvalue weighted by Crippen LogP contribution is 2.33. The first kappa shape index (κ1) is 12.1. The van der Waals surface area contributed by atoms with Crippen LogP contribution in [0.5, 0.6) is 0 Å². The van der Waals surface area contributed by atoms with Gasteiger partial charge in [-0.2, -0.15) is 13.2 Å². The largest absolute Gasteiger partial charge is 0.434 e. The molecule has 0 unspecified atom stereocenters. The molecule has 0 aromatic heterocycles. The van der Waals surface area contributed by atoms with Crippen molar-refractivity contribution in [1.82, 2.24) is 4.90 Å². The Balaban J connectivity index is 4.44. The molecule has 0 aliphatic heterocycles. The summed E-state index contributed by atoms with van der Waals surface area (Å²) in [6.45, 7) is 1.60. The first-order valence-corrected chi connectivity index (χ1v) is 3.55. The lowest BCUT2D eigenvalue weighted by Crippen LogP contribution is -2.45. The van der Waals surface area contributed by atoms with Crippen LogP contribution in [0.3, 0.4) is 0 Å². The van der Waals surface area contributed by atoms with E-state index in [0.717, 1.165) is 18.7 Å². The summed E-state index contributed by atoms with van der Waals surface area (Å²) in [5, 5.41) is 0. The van der Waals surface area contributed by atoms with Gasteiger partial charge in [-0.3, -0.25) is 0 Å². The molecule has 0 saturated carbocycles. The Labute approximate surface area is 74.5 Å². The standard InChI is InChI=1S/C7H12F3NO2/c1-6(2,7(8,9)10)13-5(12)11(3)4/h1-4H3. The Hall–Kier alpha value is -0.940. The van der Waals surface area contributed by atoms with E-state index in [-0.39, 0.29) is 0 Å². The molecule has 0 aromatic rings. The SMILES string of the molecule is CN(C)C(=O)OC(C)(C)C(F)(F)F. The second-order valence-corrected chi connectivity index (χ2v) is 3.27. The van der Waals surface area contributed by atoms with Crippen molar-refractivity contribution in [3.8, 4) is 0 Å². The molecule has 6 heteroatoms. The van der Waals surface area contributed by atoms with Gasteiger partial charge in [-0.1, -0.05) is 0 Å². The number of halogens is 3. The van der Waals surface area contributed by atoms with Gasteiger partial charge in [0.2, 0.25) is 5.60 Å². The Morgan fingerprint density at radius 1 is 1.23 bits per heavy atom. The van der Waals surface area contributed by atoms with Crippen LogP contribution in [0.2, 0.25) is 0 Å². The normalized spacial score (nSPS) is 12.5. The Bertz CT molecular complexity index is 198. The molecule has 0 bridgehead atoms. The van der Waals surface area contributed by atoms with Crippen molar-refractivity contribution in [2.45, 2.75) is 25.6 Å². The van der Waals surface area contributed by atoms with E-state index in [9.17, 15) is 18.0 Å². The van der Waals surface area contributed by atoms with E-state index in [1.165, 1.54) is 14.1 Å². The van der Waals surface area contributed by atoms with Gasteiger partial charge in [0, 0.05) is 14.1 Å². The van der Waals surface area contributed by atoms with E-state index in [1.54, 1.807) is 0 Å². The maximum Gasteiger partial charge on any atom is 0.427 e. The van der Waals surface area contributed by atoms with E-state index in [4.69, 9.17) is 0 Å². The van der Waals surface area contributed by atoms with E-state index in [2.05, 4.69) is 4.74 Å². The predicted octanol–water partition coefficient (Wildman–Crippen LogP) is 2.03. The molecule has 78 valence electrons. The summed E-state index contributed by atoms with van der Waals surface area (Å²) < 4.78 is 40.7. The zero-order valence-corrected chi connectivity index (χ0v) is 7.90. The van der Waals surface area contributed by atoms with Crippen molar-refractivity contribution in [2.24, 2.45) is 0 Å². The molecule has 0 fully saturated rings. The summed E-state index contributed by atoms with van der Waals surface area (Å²) >= 11 is 0. The number of alkyl halides is 3. The maximum absolute atomic E-state index is 12.2. The van der Waals surface area contributed by atoms with Crippen LogP contribution in [0.4, 0.5) is 18.0 Å². The molecule has 0 aliphatic rings. The number of rotatable bonds is 1. The molecule has 0 atom stereocenters. The summed E-state index contributed by atoms with van der Waals surface area (Å²) in [7, 11) is 2.63. The van der Waals surface area contributed by atoms with Crippen LogP contribution in [0.15, 0.2) is 0 Å². The summed E-state index contributed by atoms with van der Waals surface area (Å²) in [6, 6.07) is 0. The lowest BCUT2D eigenvalue weighted by Gasteiger charge is -2.28. The van der Waals surface area contributed by atoms with Gasteiger partial charge in [0.25, 0.3) is 0 Å². The van der Waals surface area contributed by atoms with Gasteiger partial charge >= 0.3 is 12.3 Å². The lowest BCUT2D eigenvalue weighted by molar-refractivity contribution is -0.245. The molecule has 0 saturated heterocycles. The monoisotopic (exact) mass is 199 g/mol. The molecule has 0 radical (unpaired) electrons. The van der Waals surface area contributed by atoms with E-state index in [1.807, 2.05) is 0 Å². The van der Waals surface area contributed by atoms with Gasteiger partial charge in [-0.15, -0.1) is 0 Å². The van der Waals surface area contributed by atoms with Crippen molar-refractivity contribution in [3.63, 3.8) is 0 Å². The van der Waals surface area contributed by atoms with Crippen LogP contribution in [0.25, 0.3) is 0 Å².